The molecule has 0 spiro atoms. The van der Waals surface area contributed by atoms with Crippen LogP contribution in [0.4, 0.5) is 17.1 Å². The Morgan fingerprint density at radius 1 is 0.333 bits per heavy atom. The molecule has 268 valence electrons. The third-order valence-corrected chi connectivity index (χ3v) is 12.9. The van der Waals surface area contributed by atoms with Crippen LogP contribution >= 0.6 is 11.3 Å². The Kier molecular flexibility index (Phi) is 7.98. The minimum Gasteiger partial charge on any atom is -0.311 e. The second kappa shape index (κ2) is 13.6. The van der Waals surface area contributed by atoms with Crippen LogP contribution in [0.1, 0.15) is 22.3 Å². The maximum absolute atomic E-state index is 2.47. The van der Waals surface area contributed by atoms with E-state index in [0.29, 0.717) is 0 Å². The number of anilines is 3. The average molecular weight is 744 g/mol. The van der Waals surface area contributed by atoms with Crippen molar-refractivity contribution in [1.29, 1.82) is 0 Å². The van der Waals surface area contributed by atoms with Gasteiger partial charge in [-0.25, -0.2) is 0 Å². The molecule has 0 unspecified atom stereocenters. The molecule has 0 N–H and O–H groups in total. The Bertz CT molecular complexity index is 2970. The molecule has 0 saturated heterocycles. The molecule has 0 radical (unpaired) electrons. The van der Waals surface area contributed by atoms with Crippen molar-refractivity contribution in [1.82, 2.24) is 0 Å². The van der Waals surface area contributed by atoms with Crippen LogP contribution in [0.2, 0.25) is 0 Å². The first kappa shape index (κ1) is 33.3. The van der Waals surface area contributed by atoms with Crippen LogP contribution in [0.3, 0.4) is 0 Å². The third kappa shape index (κ3) is 5.37. The summed E-state index contributed by atoms with van der Waals surface area (Å²) in [5, 5.41) is 2.62. The molecule has 1 nitrogen and oxygen atoms in total. The molecule has 2 heteroatoms. The van der Waals surface area contributed by atoms with Gasteiger partial charge in [-0.1, -0.05) is 170 Å². The van der Waals surface area contributed by atoms with E-state index < -0.39 is 5.41 Å². The molecule has 1 aliphatic rings. The molecule has 10 aromatic rings. The molecule has 11 rings (SSSR count). The normalized spacial score (nSPS) is 12.7. The van der Waals surface area contributed by atoms with Gasteiger partial charge in [0.25, 0.3) is 0 Å². The molecular weight excluding hydrogens is 707 g/mol. The van der Waals surface area contributed by atoms with Gasteiger partial charge < -0.3 is 4.90 Å². The predicted molar refractivity (Wildman–Crippen MR) is 242 cm³/mol. The van der Waals surface area contributed by atoms with Crippen LogP contribution in [-0.2, 0) is 5.41 Å². The van der Waals surface area contributed by atoms with Crippen molar-refractivity contribution in [3.05, 3.63) is 247 Å². The van der Waals surface area contributed by atoms with E-state index in [1.165, 1.54) is 75.8 Å². The van der Waals surface area contributed by atoms with E-state index in [0.717, 1.165) is 17.1 Å². The van der Waals surface area contributed by atoms with Gasteiger partial charge in [-0.15, -0.1) is 11.3 Å². The highest BCUT2D eigenvalue weighted by Crippen LogP contribution is 2.56. The van der Waals surface area contributed by atoms with Gasteiger partial charge in [0, 0.05) is 37.2 Å². The minimum absolute atomic E-state index is 0.412. The summed E-state index contributed by atoms with van der Waals surface area (Å²) in [4.78, 5) is 2.31. The number of rotatable bonds is 7. The molecule has 1 aromatic heterocycles. The largest absolute Gasteiger partial charge is 0.311 e. The lowest BCUT2D eigenvalue weighted by Gasteiger charge is -2.33. The highest BCUT2D eigenvalue weighted by Gasteiger charge is 2.46. The average Bonchev–Trinajstić information content (AvgIpc) is 3.82. The van der Waals surface area contributed by atoms with Crippen LogP contribution in [0, 0.1) is 0 Å². The van der Waals surface area contributed by atoms with Crippen LogP contribution < -0.4 is 4.90 Å². The van der Waals surface area contributed by atoms with Gasteiger partial charge in [0.05, 0.1) is 5.41 Å². The van der Waals surface area contributed by atoms with Crippen molar-refractivity contribution in [2.45, 2.75) is 5.41 Å². The number of hydrogen-bond donors (Lipinski definition) is 0. The zero-order valence-electron chi connectivity index (χ0n) is 31.2. The number of para-hydroxylation sites is 2. The summed E-state index contributed by atoms with van der Waals surface area (Å²) in [5.74, 6) is 0. The fourth-order valence-corrected chi connectivity index (χ4v) is 10.5. The van der Waals surface area contributed by atoms with E-state index in [-0.39, 0.29) is 0 Å². The summed E-state index contributed by atoms with van der Waals surface area (Å²) in [5.41, 5.74) is 15.8. The van der Waals surface area contributed by atoms with Crippen molar-refractivity contribution < 1.29 is 0 Å². The smallest absolute Gasteiger partial charge is 0.0714 e. The second-order valence-electron chi connectivity index (χ2n) is 14.8. The molecule has 1 aliphatic carbocycles. The lowest BCUT2D eigenvalue weighted by Crippen LogP contribution is -2.28. The topological polar surface area (TPSA) is 3.24 Å². The lowest BCUT2D eigenvalue weighted by molar-refractivity contribution is 0.770. The van der Waals surface area contributed by atoms with Crippen molar-refractivity contribution in [2.24, 2.45) is 0 Å². The number of thiophene rings is 1. The van der Waals surface area contributed by atoms with Crippen LogP contribution in [0.5, 0.6) is 0 Å². The van der Waals surface area contributed by atoms with E-state index in [1.54, 1.807) is 0 Å². The van der Waals surface area contributed by atoms with Gasteiger partial charge in [0.2, 0.25) is 0 Å². The van der Waals surface area contributed by atoms with E-state index in [1.807, 2.05) is 11.3 Å². The molecule has 0 atom stereocenters. The van der Waals surface area contributed by atoms with E-state index in [4.69, 9.17) is 0 Å². The van der Waals surface area contributed by atoms with Crippen LogP contribution in [0.25, 0.3) is 53.6 Å². The van der Waals surface area contributed by atoms with Gasteiger partial charge in [-0.05, 0) is 110 Å². The molecule has 0 aliphatic heterocycles. The van der Waals surface area contributed by atoms with Gasteiger partial charge >= 0.3 is 0 Å². The molecular formula is C55H37NS. The summed E-state index contributed by atoms with van der Waals surface area (Å²) < 4.78 is 2.61. The second-order valence-corrected chi connectivity index (χ2v) is 15.9. The van der Waals surface area contributed by atoms with Crippen molar-refractivity contribution in [3.63, 3.8) is 0 Å². The number of nitrogens with zero attached hydrogens (tertiary/aromatic N) is 1. The summed E-state index contributed by atoms with van der Waals surface area (Å²) in [6, 6.07) is 82.2. The standard InChI is InChI=1S/C55H37NS/c1-4-18-41(19-5-1)55(50-27-12-10-24-47(50)48-25-11-13-28-51(48)55)42-32-35-49-53(37-42)57-52-29-15-26-46(54(49)52)40-17-14-16-39(36-40)38-30-33-45(34-31-38)56(43-20-6-2-7-21-43)44-22-8-3-9-23-44/h1-37H. The fourth-order valence-electron chi connectivity index (χ4n) is 9.28. The van der Waals surface area contributed by atoms with Crippen molar-refractivity contribution in [2.75, 3.05) is 4.90 Å². The Morgan fingerprint density at radius 2 is 0.877 bits per heavy atom. The quantitative estimate of drug-likeness (QED) is 0.157. The SMILES string of the molecule is c1ccc(N(c2ccccc2)c2ccc(-c3cccc(-c4cccc5sc6cc(C7(c8ccccc8)c8ccccc8-c8ccccc87)ccc6c45)c3)cc2)cc1. The molecule has 1 heterocycles. The Hall–Kier alpha value is -7.00. The molecule has 0 amide bonds. The zero-order valence-corrected chi connectivity index (χ0v) is 32.0. The van der Waals surface area contributed by atoms with E-state index in [9.17, 15) is 0 Å². The first-order chi connectivity index (χ1) is 28.3. The summed E-state index contributed by atoms with van der Waals surface area (Å²) in [6.45, 7) is 0. The van der Waals surface area contributed by atoms with Crippen LogP contribution in [0.15, 0.2) is 224 Å². The Labute approximate surface area is 337 Å². The lowest BCUT2D eigenvalue weighted by atomic mass is 9.67. The fraction of sp³-hybridized carbons (Fsp3) is 0.0182. The molecule has 0 saturated carbocycles. The van der Waals surface area contributed by atoms with Gasteiger partial charge in [0.1, 0.15) is 0 Å². The summed E-state index contributed by atoms with van der Waals surface area (Å²) in [7, 11) is 0. The first-order valence-corrected chi connectivity index (χ1v) is 20.4. The minimum atomic E-state index is -0.412. The first-order valence-electron chi connectivity index (χ1n) is 19.6. The maximum Gasteiger partial charge on any atom is 0.0714 e. The van der Waals surface area contributed by atoms with E-state index in [2.05, 4.69) is 229 Å². The predicted octanol–water partition coefficient (Wildman–Crippen LogP) is 15.2. The highest BCUT2D eigenvalue weighted by molar-refractivity contribution is 7.26. The van der Waals surface area contributed by atoms with Crippen LogP contribution in [-0.4, -0.2) is 0 Å². The molecule has 0 fully saturated rings. The molecule has 57 heavy (non-hydrogen) atoms. The number of hydrogen-bond acceptors (Lipinski definition) is 2. The number of benzene rings is 9. The van der Waals surface area contributed by atoms with Gasteiger partial charge in [0.15, 0.2) is 0 Å². The summed E-state index contributed by atoms with van der Waals surface area (Å²) >= 11 is 1.90. The monoisotopic (exact) mass is 743 g/mol. The third-order valence-electron chi connectivity index (χ3n) is 11.8. The Balaban J connectivity index is 1.01. The molecule has 9 aromatic carbocycles. The maximum atomic E-state index is 2.47. The van der Waals surface area contributed by atoms with Crippen molar-refractivity contribution in [3.8, 4) is 33.4 Å². The molecule has 0 bridgehead atoms. The highest BCUT2D eigenvalue weighted by atomic mass is 32.1. The van der Waals surface area contributed by atoms with E-state index >= 15 is 0 Å². The number of fused-ring (bicyclic) bond motifs is 6. The Morgan fingerprint density at radius 3 is 1.54 bits per heavy atom. The zero-order chi connectivity index (χ0) is 37.8. The van der Waals surface area contributed by atoms with Gasteiger partial charge in [-0.3, -0.25) is 0 Å². The van der Waals surface area contributed by atoms with Crippen molar-refractivity contribution >= 4 is 48.6 Å². The van der Waals surface area contributed by atoms with Gasteiger partial charge in [-0.2, -0.15) is 0 Å². The summed E-state index contributed by atoms with van der Waals surface area (Å²) in [6.07, 6.45) is 0.